The minimum atomic E-state index is -0.775. The maximum absolute atomic E-state index is 12.3. The number of rotatable bonds is 4. The zero-order chi connectivity index (χ0) is 15.3. The van der Waals surface area contributed by atoms with Gasteiger partial charge in [0.25, 0.3) is 0 Å². The molecular weight excluding hydrogens is 274 g/mol. The van der Waals surface area contributed by atoms with Gasteiger partial charge in [-0.3, -0.25) is 9.69 Å². The fraction of sp³-hybridized carbons (Fsp3) is 0.857. The average molecular weight is 299 g/mol. The second-order valence-electron chi connectivity index (χ2n) is 6.08. The van der Waals surface area contributed by atoms with Crippen LogP contribution in [0.2, 0.25) is 0 Å². The van der Waals surface area contributed by atoms with E-state index >= 15 is 0 Å². The molecule has 7 heteroatoms. The number of nitrogens with zero attached hydrogens (tertiary/aromatic N) is 2. The Hall–Kier alpha value is -1.34. The van der Waals surface area contributed by atoms with Crippen molar-refractivity contribution in [3.8, 4) is 0 Å². The lowest BCUT2D eigenvalue weighted by molar-refractivity contribution is -0.137. The third-order valence-electron chi connectivity index (χ3n) is 4.31. The molecule has 7 nitrogen and oxygen atoms in total. The number of carbonyl (C=O) groups excluding carboxylic acids is 1. The molecule has 0 aromatic rings. The number of urea groups is 1. The second-order valence-corrected chi connectivity index (χ2v) is 6.08. The standard InChI is InChI=1S/C14H25N3O4/c1-14(3-10-21-11-4-14)15-13(20)17-8-6-16(7-9-17)5-2-12(18)19/h2-11H2,1H3,(H,15,20)(H,18,19). The Balaban J connectivity index is 1.73. The summed E-state index contributed by atoms with van der Waals surface area (Å²) in [4.78, 5) is 26.8. The third kappa shape index (κ3) is 4.86. The van der Waals surface area contributed by atoms with Gasteiger partial charge in [-0.05, 0) is 19.8 Å². The number of hydrogen-bond donors (Lipinski definition) is 2. The Morgan fingerprint density at radius 1 is 1.19 bits per heavy atom. The molecule has 0 unspecified atom stereocenters. The first-order valence-electron chi connectivity index (χ1n) is 7.57. The number of nitrogens with one attached hydrogen (secondary N) is 1. The van der Waals surface area contributed by atoms with Gasteiger partial charge in [-0.25, -0.2) is 4.79 Å². The lowest BCUT2D eigenvalue weighted by atomic mass is 9.93. The van der Waals surface area contributed by atoms with Crippen molar-refractivity contribution in [3.63, 3.8) is 0 Å². The van der Waals surface area contributed by atoms with Crippen molar-refractivity contribution in [1.29, 1.82) is 0 Å². The summed E-state index contributed by atoms with van der Waals surface area (Å²) in [7, 11) is 0. The Kier molecular flexibility index (Phi) is 5.41. The van der Waals surface area contributed by atoms with Crippen LogP contribution in [0.15, 0.2) is 0 Å². The molecule has 2 aliphatic heterocycles. The summed E-state index contributed by atoms with van der Waals surface area (Å²) in [6, 6.07) is -0.0164. The summed E-state index contributed by atoms with van der Waals surface area (Å²) in [5.74, 6) is -0.775. The molecule has 0 aromatic heterocycles. The summed E-state index contributed by atoms with van der Waals surface area (Å²) >= 11 is 0. The smallest absolute Gasteiger partial charge is 0.317 e. The van der Waals surface area contributed by atoms with Crippen LogP contribution in [0, 0.1) is 0 Å². The molecule has 21 heavy (non-hydrogen) atoms. The van der Waals surface area contributed by atoms with E-state index in [0.29, 0.717) is 32.8 Å². The van der Waals surface area contributed by atoms with Crippen molar-refractivity contribution in [2.45, 2.75) is 31.7 Å². The minimum Gasteiger partial charge on any atom is -0.481 e. The molecule has 2 aliphatic rings. The second kappa shape index (κ2) is 7.09. The van der Waals surface area contributed by atoms with Crippen LogP contribution in [-0.4, -0.2) is 78.4 Å². The molecule has 0 aromatic carbocycles. The largest absolute Gasteiger partial charge is 0.481 e. The van der Waals surface area contributed by atoms with Crippen LogP contribution in [0.5, 0.6) is 0 Å². The highest BCUT2D eigenvalue weighted by atomic mass is 16.5. The number of piperazine rings is 1. The van der Waals surface area contributed by atoms with Gasteiger partial charge in [0.05, 0.1) is 6.42 Å². The van der Waals surface area contributed by atoms with Gasteiger partial charge in [-0.1, -0.05) is 0 Å². The lowest BCUT2D eigenvalue weighted by Gasteiger charge is -2.39. The Bertz CT molecular complexity index is 374. The highest BCUT2D eigenvalue weighted by Gasteiger charge is 2.31. The molecule has 0 bridgehead atoms. The summed E-state index contributed by atoms with van der Waals surface area (Å²) in [6.45, 7) is 6.78. The van der Waals surface area contributed by atoms with Crippen molar-refractivity contribution in [1.82, 2.24) is 15.1 Å². The van der Waals surface area contributed by atoms with E-state index in [2.05, 4.69) is 17.1 Å². The SMILES string of the molecule is CC1(NC(=O)N2CCN(CCC(=O)O)CC2)CCOCC1. The van der Waals surface area contributed by atoms with Crippen LogP contribution < -0.4 is 5.32 Å². The van der Waals surface area contributed by atoms with Gasteiger partial charge in [-0.2, -0.15) is 0 Å². The number of aliphatic carboxylic acids is 1. The zero-order valence-corrected chi connectivity index (χ0v) is 12.6. The summed E-state index contributed by atoms with van der Waals surface area (Å²) in [5.41, 5.74) is -0.171. The van der Waals surface area contributed by atoms with Crippen LogP contribution in [-0.2, 0) is 9.53 Å². The van der Waals surface area contributed by atoms with E-state index in [1.165, 1.54) is 0 Å². The van der Waals surface area contributed by atoms with Crippen molar-refractivity contribution >= 4 is 12.0 Å². The molecular formula is C14H25N3O4. The minimum absolute atomic E-state index is 0.0164. The molecule has 2 saturated heterocycles. The summed E-state index contributed by atoms with van der Waals surface area (Å²) in [6.07, 6.45) is 1.85. The molecule has 2 amide bonds. The van der Waals surface area contributed by atoms with Crippen molar-refractivity contribution in [2.24, 2.45) is 0 Å². The Morgan fingerprint density at radius 3 is 2.38 bits per heavy atom. The van der Waals surface area contributed by atoms with Crippen LogP contribution >= 0.6 is 0 Å². The third-order valence-corrected chi connectivity index (χ3v) is 4.31. The predicted octanol–water partition coefficient (Wildman–Crippen LogP) is 0.357. The van der Waals surface area contributed by atoms with E-state index in [1.807, 2.05) is 4.90 Å². The van der Waals surface area contributed by atoms with Gasteiger partial charge in [0, 0.05) is 51.5 Å². The molecule has 2 N–H and O–H groups in total. The maximum atomic E-state index is 12.3. The van der Waals surface area contributed by atoms with Gasteiger partial charge in [0.15, 0.2) is 0 Å². The van der Waals surface area contributed by atoms with Gasteiger partial charge in [0.2, 0.25) is 0 Å². The van der Waals surface area contributed by atoms with Gasteiger partial charge in [-0.15, -0.1) is 0 Å². The van der Waals surface area contributed by atoms with Crippen molar-refractivity contribution in [2.75, 3.05) is 45.9 Å². The van der Waals surface area contributed by atoms with Crippen LogP contribution in [0.1, 0.15) is 26.2 Å². The first kappa shape index (κ1) is 16.0. The van der Waals surface area contributed by atoms with Gasteiger partial charge >= 0.3 is 12.0 Å². The Labute approximate surface area is 125 Å². The van der Waals surface area contributed by atoms with Crippen molar-refractivity contribution < 1.29 is 19.4 Å². The summed E-state index contributed by atoms with van der Waals surface area (Å²) in [5, 5.41) is 11.8. The molecule has 0 aliphatic carbocycles. The number of ether oxygens (including phenoxy) is 1. The molecule has 0 atom stereocenters. The number of carboxylic acid groups (broad SMARTS) is 1. The Morgan fingerprint density at radius 2 is 1.81 bits per heavy atom. The molecule has 2 heterocycles. The van der Waals surface area contributed by atoms with E-state index < -0.39 is 5.97 Å². The highest BCUT2D eigenvalue weighted by molar-refractivity contribution is 5.75. The van der Waals surface area contributed by atoms with E-state index in [0.717, 1.165) is 25.9 Å². The molecule has 0 saturated carbocycles. The van der Waals surface area contributed by atoms with E-state index in [9.17, 15) is 9.59 Å². The van der Waals surface area contributed by atoms with Crippen LogP contribution in [0.25, 0.3) is 0 Å². The lowest BCUT2D eigenvalue weighted by Crippen LogP contribution is -2.57. The molecule has 120 valence electrons. The first-order chi connectivity index (χ1) is 9.98. The molecule has 2 rings (SSSR count). The zero-order valence-electron chi connectivity index (χ0n) is 12.6. The van der Waals surface area contributed by atoms with E-state index in [-0.39, 0.29) is 18.0 Å². The topological polar surface area (TPSA) is 82.1 Å². The number of hydrogen-bond acceptors (Lipinski definition) is 4. The molecule has 2 fully saturated rings. The molecule has 0 radical (unpaired) electrons. The normalized spacial score (nSPS) is 22.8. The first-order valence-corrected chi connectivity index (χ1v) is 7.57. The molecule has 0 spiro atoms. The fourth-order valence-electron chi connectivity index (χ4n) is 2.71. The number of amides is 2. The van der Waals surface area contributed by atoms with Crippen molar-refractivity contribution in [3.05, 3.63) is 0 Å². The quantitative estimate of drug-likeness (QED) is 0.783. The van der Waals surface area contributed by atoms with E-state index in [4.69, 9.17) is 9.84 Å². The number of carbonyl (C=O) groups is 2. The van der Waals surface area contributed by atoms with Crippen LogP contribution in [0.3, 0.4) is 0 Å². The maximum Gasteiger partial charge on any atom is 0.317 e. The fourth-order valence-corrected chi connectivity index (χ4v) is 2.71. The predicted molar refractivity (Wildman–Crippen MR) is 77.3 cm³/mol. The van der Waals surface area contributed by atoms with Crippen LogP contribution in [0.4, 0.5) is 4.79 Å². The van der Waals surface area contributed by atoms with Gasteiger partial charge in [0.1, 0.15) is 0 Å². The summed E-state index contributed by atoms with van der Waals surface area (Å²) < 4.78 is 5.33. The number of carboxylic acids is 1. The van der Waals surface area contributed by atoms with Gasteiger partial charge < -0.3 is 20.1 Å². The highest BCUT2D eigenvalue weighted by Crippen LogP contribution is 2.20. The van der Waals surface area contributed by atoms with E-state index in [1.54, 1.807) is 0 Å². The monoisotopic (exact) mass is 299 g/mol. The average Bonchev–Trinajstić information content (AvgIpc) is 2.46.